The molecule has 0 aliphatic heterocycles. The standard InChI is InChI=1S/C22H47NO2/c1-5-9-11-13-15-17-21(24-7-3)19-23-20-22(25-8-4)18-16-14-12-10-6-2/h21-23H,5-20H2,1-4H3. The molecule has 0 bridgehead atoms. The number of hydrogen-bond acceptors (Lipinski definition) is 3. The summed E-state index contributed by atoms with van der Waals surface area (Å²) in [4.78, 5) is 0. The van der Waals surface area contributed by atoms with E-state index in [1.807, 2.05) is 0 Å². The first-order chi connectivity index (χ1) is 12.3. The molecule has 0 heterocycles. The Hall–Kier alpha value is -0.120. The van der Waals surface area contributed by atoms with Crippen molar-refractivity contribution in [1.82, 2.24) is 5.32 Å². The Morgan fingerprint density at radius 2 is 0.960 bits per heavy atom. The maximum absolute atomic E-state index is 5.91. The first-order valence-corrected chi connectivity index (χ1v) is 11.2. The van der Waals surface area contributed by atoms with Crippen molar-refractivity contribution < 1.29 is 9.47 Å². The average molecular weight is 358 g/mol. The van der Waals surface area contributed by atoms with Crippen molar-refractivity contribution in [1.29, 1.82) is 0 Å². The first kappa shape index (κ1) is 24.9. The summed E-state index contributed by atoms with van der Waals surface area (Å²) in [5.74, 6) is 0. The molecule has 3 nitrogen and oxygen atoms in total. The van der Waals surface area contributed by atoms with Crippen molar-refractivity contribution in [3.05, 3.63) is 0 Å². The highest BCUT2D eigenvalue weighted by Gasteiger charge is 2.11. The molecule has 0 fully saturated rings. The smallest absolute Gasteiger partial charge is 0.0699 e. The van der Waals surface area contributed by atoms with Crippen molar-refractivity contribution in [2.75, 3.05) is 26.3 Å². The van der Waals surface area contributed by atoms with E-state index in [0.717, 1.165) is 26.3 Å². The Balaban J connectivity index is 3.89. The molecular formula is C22H47NO2. The van der Waals surface area contributed by atoms with Gasteiger partial charge >= 0.3 is 0 Å². The van der Waals surface area contributed by atoms with Gasteiger partial charge in [-0.05, 0) is 26.7 Å². The van der Waals surface area contributed by atoms with E-state index >= 15 is 0 Å². The van der Waals surface area contributed by atoms with E-state index in [9.17, 15) is 0 Å². The highest BCUT2D eigenvalue weighted by molar-refractivity contribution is 4.67. The minimum absolute atomic E-state index is 0.360. The second kappa shape index (κ2) is 20.2. The molecule has 0 rings (SSSR count). The fourth-order valence-electron chi connectivity index (χ4n) is 3.32. The highest BCUT2D eigenvalue weighted by atomic mass is 16.5. The number of rotatable bonds is 20. The van der Waals surface area contributed by atoms with Crippen LogP contribution in [0.2, 0.25) is 0 Å². The number of hydrogen-bond donors (Lipinski definition) is 1. The minimum atomic E-state index is 0.360. The van der Waals surface area contributed by atoms with Gasteiger partial charge in [0.05, 0.1) is 12.2 Å². The SMILES string of the molecule is CCCCCCCC(CNCC(CCCCCCC)OCC)OCC. The van der Waals surface area contributed by atoms with Gasteiger partial charge in [-0.2, -0.15) is 0 Å². The summed E-state index contributed by atoms with van der Waals surface area (Å²) in [6, 6.07) is 0. The van der Waals surface area contributed by atoms with E-state index in [4.69, 9.17) is 9.47 Å². The molecular weight excluding hydrogens is 310 g/mol. The van der Waals surface area contributed by atoms with Gasteiger partial charge < -0.3 is 14.8 Å². The van der Waals surface area contributed by atoms with E-state index in [1.165, 1.54) is 77.0 Å². The Morgan fingerprint density at radius 1 is 0.560 bits per heavy atom. The molecule has 0 amide bonds. The van der Waals surface area contributed by atoms with Crippen LogP contribution in [-0.4, -0.2) is 38.5 Å². The minimum Gasteiger partial charge on any atom is -0.377 e. The summed E-state index contributed by atoms with van der Waals surface area (Å²) >= 11 is 0. The number of unbranched alkanes of at least 4 members (excludes halogenated alkanes) is 8. The summed E-state index contributed by atoms with van der Waals surface area (Å²) in [7, 11) is 0. The summed E-state index contributed by atoms with van der Waals surface area (Å²) < 4.78 is 11.8. The molecule has 1 N–H and O–H groups in total. The first-order valence-electron chi connectivity index (χ1n) is 11.2. The van der Waals surface area contributed by atoms with Crippen molar-refractivity contribution in [3.8, 4) is 0 Å². The van der Waals surface area contributed by atoms with Crippen LogP contribution in [0, 0.1) is 0 Å². The van der Waals surface area contributed by atoms with Crippen molar-refractivity contribution in [2.45, 2.75) is 117 Å². The molecule has 0 spiro atoms. The molecule has 2 unspecified atom stereocenters. The fraction of sp³-hybridized carbons (Fsp3) is 1.00. The van der Waals surface area contributed by atoms with Crippen LogP contribution in [0.4, 0.5) is 0 Å². The van der Waals surface area contributed by atoms with Crippen LogP contribution in [0.3, 0.4) is 0 Å². The van der Waals surface area contributed by atoms with Crippen LogP contribution in [0.25, 0.3) is 0 Å². The molecule has 0 aliphatic rings. The van der Waals surface area contributed by atoms with E-state index < -0.39 is 0 Å². The van der Waals surface area contributed by atoms with Crippen LogP contribution >= 0.6 is 0 Å². The maximum Gasteiger partial charge on any atom is 0.0699 e. The molecule has 0 radical (unpaired) electrons. The zero-order chi connectivity index (χ0) is 18.6. The van der Waals surface area contributed by atoms with E-state index in [1.54, 1.807) is 0 Å². The van der Waals surface area contributed by atoms with Crippen LogP contribution in [0.5, 0.6) is 0 Å². The molecule has 25 heavy (non-hydrogen) atoms. The molecule has 0 aromatic heterocycles. The van der Waals surface area contributed by atoms with Gasteiger partial charge in [-0.1, -0.05) is 78.1 Å². The number of nitrogens with one attached hydrogen (secondary N) is 1. The van der Waals surface area contributed by atoms with Gasteiger partial charge in [0.15, 0.2) is 0 Å². The van der Waals surface area contributed by atoms with E-state index in [2.05, 4.69) is 33.0 Å². The zero-order valence-electron chi connectivity index (χ0n) is 17.8. The van der Waals surface area contributed by atoms with Crippen LogP contribution in [-0.2, 0) is 9.47 Å². The topological polar surface area (TPSA) is 30.5 Å². The normalized spacial score (nSPS) is 13.9. The van der Waals surface area contributed by atoms with Gasteiger partial charge in [0.25, 0.3) is 0 Å². The molecule has 0 saturated heterocycles. The Labute approximate surface area is 158 Å². The lowest BCUT2D eigenvalue weighted by molar-refractivity contribution is 0.0371. The second-order valence-corrected chi connectivity index (χ2v) is 7.22. The Morgan fingerprint density at radius 3 is 1.32 bits per heavy atom. The third-order valence-corrected chi connectivity index (χ3v) is 4.81. The summed E-state index contributed by atoms with van der Waals surface area (Å²) in [5.41, 5.74) is 0. The largest absolute Gasteiger partial charge is 0.377 e. The van der Waals surface area contributed by atoms with Gasteiger partial charge in [-0.15, -0.1) is 0 Å². The summed E-state index contributed by atoms with van der Waals surface area (Å²) in [6.45, 7) is 12.3. The van der Waals surface area contributed by atoms with Crippen LogP contribution < -0.4 is 5.32 Å². The lowest BCUT2D eigenvalue weighted by atomic mass is 10.1. The van der Waals surface area contributed by atoms with Crippen LogP contribution in [0.1, 0.15) is 105 Å². The van der Waals surface area contributed by atoms with Crippen LogP contribution in [0.15, 0.2) is 0 Å². The van der Waals surface area contributed by atoms with Gasteiger partial charge in [0, 0.05) is 26.3 Å². The fourth-order valence-corrected chi connectivity index (χ4v) is 3.32. The predicted molar refractivity (Wildman–Crippen MR) is 110 cm³/mol. The van der Waals surface area contributed by atoms with Gasteiger partial charge in [0.2, 0.25) is 0 Å². The highest BCUT2D eigenvalue weighted by Crippen LogP contribution is 2.11. The lowest BCUT2D eigenvalue weighted by Crippen LogP contribution is -2.35. The van der Waals surface area contributed by atoms with Gasteiger partial charge in [-0.3, -0.25) is 0 Å². The predicted octanol–water partition coefficient (Wildman–Crippen LogP) is 6.11. The van der Waals surface area contributed by atoms with Gasteiger partial charge in [0.1, 0.15) is 0 Å². The number of ether oxygens (including phenoxy) is 2. The Kier molecular flexibility index (Phi) is 20.1. The molecule has 3 heteroatoms. The van der Waals surface area contributed by atoms with Crippen molar-refractivity contribution in [2.24, 2.45) is 0 Å². The summed E-state index contributed by atoms with van der Waals surface area (Å²) in [5, 5.41) is 3.61. The molecule has 0 saturated carbocycles. The van der Waals surface area contributed by atoms with Gasteiger partial charge in [-0.25, -0.2) is 0 Å². The molecule has 0 aromatic rings. The average Bonchev–Trinajstić information content (AvgIpc) is 2.61. The third-order valence-electron chi connectivity index (χ3n) is 4.81. The Bertz CT molecular complexity index is 224. The van der Waals surface area contributed by atoms with Crippen molar-refractivity contribution in [3.63, 3.8) is 0 Å². The van der Waals surface area contributed by atoms with E-state index in [0.29, 0.717) is 12.2 Å². The molecule has 0 aliphatic carbocycles. The van der Waals surface area contributed by atoms with Crippen molar-refractivity contribution >= 4 is 0 Å². The maximum atomic E-state index is 5.91. The lowest BCUT2D eigenvalue weighted by Gasteiger charge is -2.21. The second-order valence-electron chi connectivity index (χ2n) is 7.22. The quantitative estimate of drug-likeness (QED) is 0.267. The monoisotopic (exact) mass is 357 g/mol. The zero-order valence-corrected chi connectivity index (χ0v) is 17.8. The summed E-state index contributed by atoms with van der Waals surface area (Å²) in [6.07, 6.45) is 16.4. The molecule has 2 atom stereocenters. The molecule has 152 valence electrons. The third kappa shape index (κ3) is 17.1. The molecule has 0 aromatic carbocycles. The van der Waals surface area contributed by atoms with E-state index in [-0.39, 0.29) is 0 Å².